The van der Waals surface area contributed by atoms with E-state index in [9.17, 15) is 4.39 Å². The topological polar surface area (TPSA) is 12.0 Å². The molecule has 1 N–H and O–H groups in total. The van der Waals surface area contributed by atoms with Crippen molar-refractivity contribution in [3.05, 3.63) is 67.3 Å². The summed E-state index contributed by atoms with van der Waals surface area (Å²) >= 11 is 13.0. The van der Waals surface area contributed by atoms with E-state index < -0.39 is 0 Å². The van der Waals surface area contributed by atoms with Crippen LogP contribution in [0.5, 0.6) is 0 Å². The Morgan fingerprint density at radius 3 is 2.58 bits per heavy atom. The lowest BCUT2D eigenvalue weighted by atomic mass is 9.98. The van der Waals surface area contributed by atoms with E-state index in [-0.39, 0.29) is 11.9 Å². The second-order valence-corrected chi connectivity index (χ2v) is 6.18. The van der Waals surface area contributed by atoms with Crippen LogP contribution in [0.3, 0.4) is 0 Å². The lowest BCUT2D eigenvalue weighted by Gasteiger charge is -2.20. The highest BCUT2D eigenvalue weighted by atomic mass is 79.9. The predicted molar refractivity (Wildman–Crippen MR) is 84.2 cm³/mol. The molecule has 0 amide bonds. The van der Waals surface area contributed by atoms with E-state index in [0.717, 1.165) is 14.5 Å². The minimum absolute atomic E-state index is 0.265. The maximum atomic E-state index is 14.0. The number of hydrogen-bond donors (Lipinski definition) is 1. The fourth-order valence-corrected chi connectivity index (χ4v) is 2.95. The SMILES string of the molecule is CNC(c1cc(Br)ccc1F)c1cccc(Br)c1Cl. The molecule has 1 atom stereocenters. The van der Waals surface area contributed by atoms with Crippen LogP contribution in [0.1, 0.15) is 17.2 Å². The predicted octanol–water partition coefficient (Wildman–Crippen LogP) is 5.31. The van der Waals surface area contributed by atoms with E-state index in [4.69, 9.17) is 11.6 Å². The van der Waals surface area contributed by atoms with Crippen LogP contribution in [0.25, 0.3) is 0 Å². The molecule has 19 heavy (non-hydrogen) atoms. The molecule has 0 fully saturated rings. The molecule has 0 radical (unpaired) electrons. The van der Waals surface area contributed by atoms with E-state index in [1.165, 1.54) is 6.07 Å². The molecule has 1 unspecified atom stereocenters. The van der Waals surface area contributed by atoms with Crippen molar-refractivity contribution in [1.29, 1.82) is 0 Å². The van der Waals surface area contributed by atoms with Crippen LogP contribution in [0.15, 0.2) is 45.3 Å². The summed E-state index contributed by atoms with van der Waals surface area (Å²) in [6.07, 6.45) is 0. The van der Waals surface area contributed by atoms with Gasteiger partial charge < -0.3 is 5.32 Å². The Labute approximate surface area is 133 Å². The van der Waals surface area contributed by atoms with Crippen LogP contribution in [-0.4, -0.2) is 7.05 Å². The molecule has 2 aromatic rings. The average molecular weight is 408 g/mol. The van der Waals surface area contributed by atoms with Gasteiger partial charge in [-0.25, -0.2) is 4.39 Å². The van der Waals surface area contributed by atoms with Crippen LogP contribution in [0.4, 0.5) is 4.39 Å². The number of hydrogen-bond acceptors (Lipinski definition) is 1. The number of nitrogens with one attached hydrogen (secondary N) is 1. The highest BCUT2D eigenvalue weighted by molar-refractivity contribution is 9.10. The molecule has 5 heteroatoms. The Morgan fingerprint density at radius 1 is 1.16 bits per heavy atom. The van der Waals surface area contributed by atoms with Gasteiger partial charge in [-0.15, -0.1) is 0 Å². The van der Waals surface area contributed by atoms with Crippen LogP contribution >= 0.6 is 43.5 Å². The highest BCUT2D eigenvalue weighted by Gasteiger charge is 2.19. The van der Waals surface area contributed by atoms with Crippen molar-refractivity contribution in [3.8, 4) is 0 Å². The highest BCUT2D eigenvalue weighted by Crippen LogP contribution is 2.34. The first-order valence-corrected chi connectivity index (χ1v) is 7.57. The quantitative estimate of drug-likeness (QED) is 0.727. The Morgan fingerprint density at radius 2 is 1.89 bits per heavy atom. The standard InChI is InChI=1S/C14H11Br2ClFN/c1-19-14(9-3-2-4-11(16)13(9)17)10-7-8(15)5-6-12(10)18/h2-7,14,19H,1H3. The number of benzene rings is 2. The van der Waals surface area contributed by atoms with Crippen LogP contribution in [0, 0.1) is 5.82 Å². The number of rotatable bonds is 3. The van der Waals surface area contributed by atoms with E-state index >= 15 is 0 Å². The van der Waals surface area contributed by atoms with Crippen LogP contribution in [0.2, 0.25) is 5.02 Å². The van der Waals surface area contributed by atoms with E-state index in [1.807, 2.05) is 18.2 Å². The molecule has 0 aliphatic rings. The lowest BCUT2D eigenvalue weighted by molar-refractivity contribution is 0.575. The summed E-state index contributed by atoms with van der Waals surface area (Å²) < 4.78 is 15.6. The lowest BCUT2D eigenvalue weighted by Crippen LogP contribution is -2.19. The van der Waals surface area contributed by atoms with E-state index in [1.54, 1.807) is 19.2 Å². The van der Waals surface area contributed by atoms with Gasteiger partial charge >= 0.3 is 0 Å². The van der Waals surface area contributed by atoms with Crippen molar-refractivity contribution in [2.75, 3.05) is 7.05 Å². The van der Waals surface area contributed by atoms with Crippen molar-refractivity contribution in [1.82, 2.24) is 5.32 Å². The fourth-order valence-electron chi connectivity index (χ4n) is 1.96. The first-order valence-electron chi connectivity index (χ1n) is 5.60. The van der Waals surface area contributed by atoms with E-state index in [2.05, 4.69) is 37.2 Å². The van der Waals surface area contributed by atoms with Gasteiger partial charge in [-0.1, -0.05) is 39.7 Å². The fraction of sp³-hybridized carbons (Fsp3) is 0.143. The zero-order chi connectivity index (χ0) is 14.0. The van der Waals surface area contributed by atoms with E-state index in [0.29, 0.717) is 10.6 Å². The summed E-state index contributed by atoms with van der Waals surface area (Å²) in [4.78, 5) is 0. The van der Waals surface area contributed by atoms with Crippen LogP contribution in [-0.2, 0) is 0 Å². The summed E-state index contributed by atoms with van der Waals surface area (Å²) in [6.45, 7) is 0. The second kappa shape index (κ2) is 6.35. The molecular weight excluding hydrogens is 396 g/mol. The van der Waals surface area contributed by atoms with Crippen molar-refractivity contribution in [2.24, 2.45) is 0 Å². The minimum atomic E-state index is -0.303. The normalized spacial score (nSPS) is 12.5. The van der Waals surface area contributed by atoms with Crippen molar-refractivity contribution in [2.45, 2.75) is 6.04 Å². The van der Waals surface area contributed by atoms with Gasteiger partial charge in [-0.05, 0) is 52.8 Å². The first kappa shape index (κ1) is 15.0. The Balaban J connectivity index is 2.56. The molecular formula is C14H11Br2ClFN. The number of halogens is 4. The molecule has 0 bridgehead atoms. The minimum Gasteiger partial charge on any atom is -0.309 e. The zero-order valence-electron chi connectivity index (χ0n) is 10.1. The summed E-state index contributed by atoms with van der Waals surface area (Å²) in [7, 11) is 1.78. The summed E-state index contributed by atoms with van der Waals surface area (Å²) in [5.74, 6) is -0.265. The molecule has 1 nitrogen and oxygen atoms in total. The molecule has 100 valence electrons. The van der Waals surface area contributed by atoms with Gasteiger partial charge in [-0.3, -0.25) is 0 Å². The molecule has 2 rings (SSSR count). The maximum absolute atomic E-state index is 14.0. The van der Waals surface area contributed by atoms with Gasteiger partial charge in [0.2, 0.25) is 0 Å². The van der Waals surface area contributed by atoms with Crippen LogP contribution < -0.4 is 5.32 Å². The molecule has 0 aliphatic carbocycles. The molecule has 0 heterocycles. The Bertz CT molecular complexity index is 602. The summed E-state index contributed by atoms with van der Waals surface area (Å²) in [6, 6.07) is 10.2. The van der Waals surface area contributed by atoms with Gasteiger partial charge in [0, 0.05) is 14.5 Å². The summed E-state index contributed by atoms with van der Waals surface area (Å²) in [5, 5.41) is 3.69. The first-order chi connectivity index (χ1) is 9.04. The smallest absolute Gasteiger partial charge is 0.128 e. The molecule has 0 saturated heterocycles. The second-order valence-electron chi connectivity index (χ2n) is 4.03. The van der Waals surface area contributed by atoms with Crippen molar-refractivity contribution < 1.29 is 4.39 Å². The third kappa shape index (κ3) is 3.19. The van der Waals surface area contributed by atoms with Gasteiger partial charge in [0.25, 0.3) is 0 Å². The molecule has 0 spiro atoms. The van der Waals surface area contributed by atoms with Crippen molar-refractivity contribution in [3.63, 3.8) is 0 Å². The largest absolute Gasteiger partial charge is 0.309 e. The van der Waals surface area contributed by atoms with Gasteiger partial charge in [0.1, 0.15) is 5.82 Å². The molecule has 2 aromatic carbocycles. The molecule has 0 saturated carbocycles. The summed E-state index contributed by atoms with van der Waals surface area (Å²) in [5.41, 5.74) is 1.38. The average Bonchev–Trinajstić information content (AvgIpc) is 2.39. The zero-order valence-corrected chi connectivity index (χ0v) is 14.0. The third-order valence-corrected chi connectivity index (χ3v) is 4.65. The monoisotopic (exact) mass is 405 g/mol. The van der Waals surface area contributed by atoms with Gasteiger partial charge in [0.05, 0.1) is 11.1 Å². The van der Waals surface area contributed by atoms with Gasteiger partial charge in [-0.2, -0.15) is 0 Å². The molecule has 0 aromatic heterocycles. The van der Waals surface area contributed by atoms with Crippen molar-refractivity contribution >= 4 is 43.5 Å². The molecule has 0 aliphatic heterocycles. The Kier molecular flexibility index (Phi) is 5.01. The third-order valence-electron chi connectivity index (χ3n) is 2.85. The Hall–Kier alpha value is -0.420. The maximum Gasteiger partial charge on any atom is 0.128 e. The van der Waals surface area contributed by atoms with Gasteiger partial charge in [0.15, 0.2) is 0 Å².